The van der Waals surface area contributed by atoms with Gasteiger partial charge in [-0.05, 0) is 19.8 Å². The average molecular weight is 246 g/mol. The van der Waals surface area contributed by atoms with Crippen LogP contribution in [0, 0.1) is 0 Å². The molecule has 17 heavy (non-hydrogen) atoms. The first kappa shape index (κ1) is 15.9. The van der Waals surface area contributed by atoms with Gasteiger partial charge in [-0.25, -0.2) is 0 Å². The molecule has 0 aliphatic carbocycles. The van der Waals surface area contributed by atoms with Crippen molar-refractivity contribution in [1.29, 1.82) is 0 Å². The first-order chi connectivity index (χ1) is 8.20. The number of ether oxygens (including phenoxy) is 3. The Balaban J connectivity index is 3.35. The van der Waals surface area contributed by atoms with E-state index in [2.05, 4.69) is 0 Å². The SMILES string of the molecule is CCCOC(=O)CCCC(=O)OCCOCC. The Bertz CT molecular complexity index is 215. The van der Waals surface area contributed by atoms with Gasteiger partial charge in [-0.3, -0.25) is 9.59 Å². The number of esters is 2. The van der Waals surface area contributed by atoms with Crippen molar-refractivity contribution in [3.8, 4) is 0 Å². The summed E-state index contributed by atoms with van der Waals surface area (Å²) >= 11 is 0. The number of hydrogen-bond donors (Lipinski definition) is 0. The Hall–Kier alpha value is -1.10. The van der Waals surface area contributed by atoms with E-state index in [4.69, 9.17) is 14.2 Å². The highest BCUT2D eigenvalue weighted by molar-refractivity contribution is 5.72. The van der Waals surface area contributed by atoms with E-state index in [-0.39, 0.29) is 31.4 Å². The molecule has 0 aliphatic rings. The molecule has 0 aromatic rings. The molecule has 0 amide bonds. The molecule has 0 saturated heterocycles. The smallest absolute Gasteiger partial charge is 0.305 e. The minimum absolute atomic E-state index is 0.243. The summed E-state index contributed by atoms with van der Waals surface area (Å²) in [6, 6.07) is 0. The van der Waals surface area contributed by atoms with Gasteiger partial charge in [0.1, 0.15) is 6.61 Å². The Morgan fingerprint density at radius 3 is 2.00 bits per heavy atom. The highest BCUT2D eigenvalue weighted by Gasteiger charge is 2.06. The first-order valence-electron chi connectivity index (χ1n) is 6.09. The van der Waals surface area contributed by atoms with Crippen molar-refractivity contribution in [2.75, 3.05) is 26.4 Å². The van der Waals surface area contributed by atoms with Crippen LogP contribution >= 0.6 is 0 Å². The lowest BCUT2D eigenvalue weighted by molar-refractivity contribution is -0.146. The van der Waals surface area contributed by atoms with Crippen LogP contribution in [0.1, 0.15) is 39.5 Å². The highest BCUT2D eigenvalue weighted by atomic mass is 16.6. The molecule has 0 aromatic heterocycles. The number of rotatable bonds is 10. The second-order valence-electron chi connectivity index (χ2n) is 3.49. The summed E-state index contributed by atoms with van der Waals surface area (Å²) in [6.07, 6.45) is 1.79. The lowest BCUT2D eigenvalue weighted by Crippen LogP contribution is -2.11. The molecule has 5 heteroatoms. The summed E-state index contributed by atoms with van der Waals surface area (Å²) in [5.74, 6) is -0.554. The van der Waals surface area contributed by atoms with Crippen molar-refractivity contribution in [3.05, 3.63) is 0 Å². The molecule has 0 bridgehead atoms. The van der Waals surface area contributed by atoms with Crippen molar-refractivity contribution >= 4 is 11.9 Å². The Morgan fingerprint density at radius 2 is 1.47 bits per heavy atom. The molecule has 0 unspecified atom stereocenters. The Kier molecular flexibility index (Phi) is 10.7. The molecule has 0 fully saturated rings. The van der Waals surface area contributed by atoms with Gasteiger partial charge in [-0.2, -0.15) is 0 Å². The topological polar surface area (TPSA) is 61.8 Å². The molecule has 5 nitrogen and oxygen atoms in total. The molecule has 0 aliphatic heterocycles. The summed E-state index contributed by atoms with van der Waals surface area (Å²) in [4.78, 5) is 22.3. The van der Waals surface area contributed by atoms with Gasteiger partial charge in [0.15, 0.2) is 0 Å². The van der Waals surface area contributed by atoms with E-state index in [0.29, 0.717) is 26.2 Å². The van der Waals surface area contributed by atoms with Gasteiger partial charge in [0.25, 0.3) is 0 Å². The molecular formula is C12H22O5. The van der Waals surface area contributed by atoms with E-state index in [9.17, 15) is 9.59 Å². The van der Waals surface area contributed by atoms with Gasteiger partial charge in [-0.15, -0.1) is 0 Å². The molecule has 0 heterocycles. The number of carbonyl (C=O) groups excluding carboxylic acids is 2. The summed E-state index contributed by atoms with van der Waals surface area (Å²) in [5, 5.41) is 0. The summed E-state index contributed by atoms with van der Waals surface area (Å²) in [7, 11) is 0. The predicted molar refractivity (Wildman–Crippen MR) is 62.6 cm³/mol. The Labute approximate surface area is 102 Å². The first-order valence-corrected chi connectivity index (χ1v) is 6.09. The lowest BCUT2D eigenvalue weighted by Gasteiger charge is -2.05. The van der Waals surface area contributed by atoms with Crippen molar-refractivity contribution in [1.82, 2.24) is 0 Å². The number of carbonyl (C=O) groups is 2. The largest absolute Gasteiger partial charge is 0.466 e. The van der Waals surface area contributed by atoms with Crippen LogP contribution in [0.2, 0.25) is 0 Å². The number of hydrogen-bond acceptors (Lipinski definition) is 5. The van der Waals surface area contributed by atoms with Crippen molar-refractivity contribution in [2.45, 2.75) is 39.5 Å². The van der Waals surface area contributed by atoms with Gasteiger partial charge in [0, 0.05) is 19.4 Å². The molecule has 0 spiro atoms. The van der Waals surface area contributed by atoms with E-state index in [1.165, 1.54) is 0 Å². The van der Waals surface area contributed by atoms with Gasteiger partial charge in [0.2, 0.25) is 0 Å². The maximum Gasteiger partial charge on any atom is 0.305 e. The summed E-state index contributed by atoms with van der Waals surface area (Å²) in [6.45, 7) is 5.55. The molecule has 0 saturated carbocycles. The third kappa shape index (κ3) is 11.2. The molecular weight excluding hydrogens is 224 g/mol. The van der Waals surface area contributed by atoms with E-state index < -0.39 is 0 Å². The zero-order valence-corrected chi connectivity index (χ0v) is 10.7. The van der Waals surface area contributed by atoms with Gasteiger partial charge >= 0.3 is 11.9 Å². The van der Waals surface area contributed by atoms with E-state index in [1.807, 2.05) is 13.8 Å². The summed E-state index contributed by atoms with van der Waals surface area (Å²) in [5.41, 5.74) is 0. The molecule has 0 aromatic carbocycles. The molecule has 0 rings (SSSR count). The maximum atomic E-state index is 11.2. The molecule has 0 atom stereocenters. The Morgan fingerprint density at radius 1 is 0.882 bits per heavy atom. The standard InChI is InChI=1S/C12H22O5/c1-3-8-16-11(13)6-5-7-12(14)17-10-9-15-4-2/h3-10H2,1-2H3. The van der Waals surface area contributed by atoms with Crippen molar-refractivity contribution in [2.24, 2.45) is 0 Å². The van der Waals surface area contributed by atoms with Crippen LogP contribution in [-0.4, -0.2) is 38.4 Å². The fraction of sp³-hybridized carbons (Fsp3) is 0.833. The molecule has 0 radical (unpaired) electrons. The fourth-order valence-corrected chi connectivity index (χ4v) is 1.10. The normalized spacial score (nSPS) is 10.0. The summed E-state index contributed by atoms with van der Waals surface area (Å²) < 4.78 is 14.8. The fourth-order valence-electron chi connectivity index (χ4n) is 1.10. The van der Waals surface area contributed by atoms with Crippen LogP contribution in [0.5, 0.6) is 0 Å². The van der Waals surface area contributed by atoms with Crippen LogP contribution in [0.25, 0.3) is 0 Å². The quantitative estimate of drug-likeness (QED) is 0.433. The third-order valence-electron chi connectivity index (χ3n) is 1.92. The highest BCUT2D eigenvalue weighted by Crippen LogP contribution is 2.00. The van der Waals surface area contributed by atoms with Crippen molar-refractivity contribution in [3.63, 3.8) is 0 Å². The van der Waals surface area contributed by atoms with Crippen LogP contribution in [-0.2, 0) is 23.8 Å². The maximum absolute atomic E-state index is 11.2. The van der Waals surface area contributed by atoms with Gasteiger partial charge < -0.3 is 14.2 Å². The predicted octanol–water partition coefficient (Wildman–Crippen LogP) is 1.69. The monoisotopic (exact) mass is 246 g/mol. The zero-order valence-electron chi connectivity index (χ0n) is 10.7. The van der Waals surface area contributed by atoms with E-state index in [1.54, 1.807) is 0 Å². The van der Waals surface area contributed by atoms with Crippen molar-refractivity contribution < 1.29 is 23.8 Å². The second kappa shape index (κ2) is 11.4. The molecule has 100 valence electrons. The molecule has 0 N–H and O–H groups in total. The zero-order chi connectivity index (χ0) is 12.9. The van der Waals surface area contributed by atoms with Crippen LogP contribution in [0.4, 0.5) is 0 Å². The van der Waals surface area contributed by atoms with Crippen LogP contribution in [0.3, 0.4) is 0 Å². The van der Waals surface area contributed by atoms with Gasteiger partial charge in [-0.1, -0.05) is 6.92 Å². The lowest BCUT2D eigenvalue weighted by atomic mass is 10.2. The minimum atomic E-state index is -0.298. The average Bonchev–Trinajstić information content (AvgIpc) is 2.32. The van der Waals surface area contributed by atoms with E-state index in [0.717, 1.165) is 6.42 Å². The third-order valence-corrected chi connectivity index (χ3v) is 1.92. The van der Waals surface area contributed by atoms with Crippen LogP contribution < -0.4 is 0 Å². The second-order valence-corrected chi connectivity index (χ2v) is 3.49. The van der Waals surface area contributed by atoms with Crippen LogP contribution in [0.15, 0.2) is 0 Å². The minimum Gasteiger partial charge on any atom is -0.466 e. The van der Waals surface area contributed by atoms with E-state index >= 15 is 0 Å². The van der Waals surface area contributed by atoms with Gasteiger partial charge in [0.05, 0.1) is 13.2 Å².